The highest BCUT2D eigenvalue weighted by atomic mass is 16.5. The summed E-state index contributed by atoms with van der Waals surface area (Å²) in [6.45, 7) is 7.20. The average molecular weight is 504 g/mol. The van der Waals surface area contributed by atoms with Crippen LogP contribution in [0, 0.1) is 11.8 Å². The third-order valence-corrected chi connectivity index (χ3v) is 7.31. The number of ether oxygens (including phenoxy) is 3. The van der Waals surface area contributed by atoms with E-state index >= 15 is 0 Å². The summed E-state index contributed by atoms with van der Waals surface area (Å²) in [6.07, 6.45) is 2.89. The molecule has 3 rings (SSSR count). The molecule has 36 heavy (non-hydrogen) atoms. The molecule has 9 heteroatoms. The quantitative estimate of drug-likeness (QED) is 0.298. The Morgan fingerprint density at radius 1 is 1.08 bits per heavy atom. The van der Waals surface area contributed by atoms with Gasteiger partial charge < -0.3 is 29.7 Å². The molecule has 9 nitrogen and oxygen atoms in total. The molecule has 0 aromatic rings. The summed E-state index contributed by atoms with van der Waals surface area (Å²) in [4.78, 5) is 38.3. The molecular formula is C27H37NO8. The molecule has 198 valence electrons. The number of amides is 1. The van der Waals surface area contributed by atoms with Gasteiger partial charge in [0.1, 0.15) is 11.9 Å². The van der Waals surface area contributed by atoms with Crippen molar-refractivity contribution in [1.29, 1.82) is 0 Å². The molecule has 0 aromatic carbocycles. The summed E-state index contributed by atoms with van der Waals surface area (Å²) < 4.78 is 17.6. The van der Waals surface area contributed by atoms with Crippen LogP contribution in [0.5, 0.6) is 0 Å². The molecule has 1 amide bonds. The van der Waals surface area contributed by atoms with Gasteiger partial charge in [0.15, 0.2) is 0 Å². The Morgan fingerprint density at radius 3 is 2.39 bits per heavy atom. The fraction of sp³-hybridized carbons (Fsp3) is 0.593. The number of ketones is 2. The predicted octanol–water partition coefficient (Wildman–Crippen LogP) is 2.46. The minimum absolute atomic E-state index is 0.133. The molecule has 1 saturated heterocycles. The van der Waals surface area contributed by atoms with Crippen LogP contribution >= 0.6 is 0 Å². The lowest BCUT2D eigenvalue weighted by molar-refractivity contribution is -0.156. The zero-order valence-corrected chi connectivity index (χ0v) is 21.7. The minimum Gasteiger partial charge on any atom is -0.505 e. The van der Waals surface area contributed by atoms with E-state index in [0.717, 1.165) is 6.08 Å². The molecular weight excluding hydrogens is 466 g/mol. The highest BCUT2D eigenvalue weighted by Crippen LogP contribution is 2.37. The van der Waals surface area contributed by atoms with E-state index in [2.05, 4.69) is 5.32 Å². The summed E-state index contributed by atoms with van der Waals surface area (Å²) in [5.74, 6) is -3.19. The van der Waals surface area contributed by atoms with Gasteiger partial charge in [-0.25, -0.2) is 0 Å². The van der Waals surface area contributed by atoms with Crippen LogP contribution < -0.4 is 5.32 Å². The van der Waals surface area contributed by atoms with Crippen LogP contribution in [0.15, 0.2) is 46.4 Å². The van der Waals surface area contributed by atoms with Gasteiger partial charge in [-0.2, -0.15) is 0 Å². The SMILES string of the molecule is CO[C@H]1C[C@H](C)[C@@H]2O[C@@H]1[C@@H](C)/C=C(\C)[C@H](O)[C@@H](OC)CC/C=C(\C)C(=O)NC1=CC(=O)C(=O)C2=C1O. The molecule has 0 saturated carbocycles. The number of aliphatic hydroxyl groups is 2. The fourth-order valence-electron chi connectivity index (χ4n) is 5.15. The molecule has 0 radical (unpaired) electrons. The van der Waals surface area contributed by atoms with Crippen LogP contribution in [0.1, 0.15) is 47.0 Å². The van der Waals surface area contributed by atoms with Crippen molar-refractivity contribution in [2.45, 2.75) is 77.5 Å². The standard InChI is InChI=1S/C27H37NO8/c1-13-8-7-9-19(34-5)22(30)14(2)10-15(3)25-20(35-6)11-16(4)26(36-25)21-23(31)17(28-27(13)33)12-18(29)24(21)32/h8,10,12,15-16,19-20,22,25-26,30-31H,7,9,11H2,1-6H3,(H,28,33)/b13-8+,14-10+/t15-,16-,19-,20-,22-,25+,26-/m0/s1. The van der Waals surface area contributed by atoms with Gasteiger partial charge in [-0.15, -0.1) is 0 Å². The number of Topliss-reactive ketones (excluding diaryl/α,β-unsaturated/α-hetero) is 1. The van der Waals surface area contributed by atoms with Crippen molar-refractivity contribution < 1.29 is 38.8 Å². The van der Waals surface area contributed by atoms with Gasteiger partial charge in [0.25, 0.3) is 5.91 Å². The Morgan fingerprint density at radius 2 is 1.75 bits per heavy atom. The van der Waals surface area contributed by atoms with Crippen LogP contribution in [0.2, 0.25) is 0 Å². The second kappa shape index (κ2) is 11.6. The van der Waals surface area contributed by atoms with Crippen molar-refractivity contribution in [3.8, 4) is 0 Å². The summed E-state index contributed by atoms with van der Waals surface area (Å²) in [6, 6.07) is 0. The highest BCUT2D eigenvalue weighted by molar-refractivity contribution is 6.48. The van der Waals surface area contributed by atoms with E-state index in [-0.39, 0.29) is 29.2 Å². The Hall–Kier alpha value is -2.59. The first-order chi connectivity index (χ1) is 17.0. The summed E-state index contributed by atoms with van der Waals surface area (Å²) >= 11 is 0. The number of hydrogen-bond donors (Lipinski definition) is 3. The molecule has 0 aromatic heterocycles. The lowest BCUT2D eigenvalue weighted by Crippen LogP contribution is -2.50. The number of rotatable bonds is 2. The monoisotopic (exact) mass is 503 g/mol. The van der Waals surface area contributed by atoms with Crippen LogP contribution in [-0.2, 0) is 28.6 Å². The summed E-state index contributed by atoms with van der Waals surface area (Å²) in [5.41, 5.74) is 0.756. The zero-order valence-electron chi connectivity index (χ0n) is 21.7. The van der Waals surface area contributed by atoms with Crippen LogP contribution in [0.3, 0.4) is 0 Å². The maximum atomic E-state index is 12.9. The second-order valence-corrected chi connectivity index (χ2v) is 9.93. The van der Waals surface area contributed by atoms with Crippen LogP contribution in [0.4, 0.5) is 0 Å². The van der Waals surface area contributed by atoms with E-state index < -0.39 is 47.6 Å². The van der Waals surface area contributed by atoms with Gasteiger partial charge >= 0.3 is 0 Å². The molecule has 1 aliphatic carbocycles. The Labute approximate surface area is 211 Å². The Kier molecular flexibility index (Phi) is 9.05. The summed E-state index contributed by atoms with van der Waals surface area (Å²) in [7, 11) is 3.12. The van der Waals surface area contributed by atoms with Crippen molar-refractivity contribution in [1.82, 2.24) is 5.32 Å². The number of allylic oxidation sites excluding steroid dienone is 2. The first-order valence-electron chi connectivity index (χ1n) is 12.3. The smallest absolute Gasteiger partial charge is 0.251 e. The third kappa shape index (κ3) is 5.70. The molecule has 7 atom stereocenters. The van der Waals surface area contributed by atoms with Crippen LogP contribution in [-0.4, -0.2) is 72.4 Å². The van der Waals surface area contributed by atoms with Crippen molar-refractivity contribution in [2.24, 2.45) is 11.8 Å². The second-order valence-electron chi connectivity index (χ2n) is 9.93. The minimum atomic E-state index is -0.890. The maximum Gasteiger partial charge on any atom is 0.251 e. The zero-order chi connectivity index (χ0) is 26.7. The number of aliphatic hydroxyl groups excluding tert-OH is 2. The number of methoxy groups -OCH3 is 2. The van der Waals surface area contributed by atoms with Gasteiger partial charge in [-0.05, 0) is 44.6 Å². The molecule has 3 N–H and O–H groups in total. The first-order valence-corrected chi connectivity index (χ1v) is 12.3. The normalized spacial score (nSPS) is 37.8. The molecule has 2 heterocycles. The molecule has 0 spiro atoms. The number of hydrogen-bond acceptors (Lipinski definition) is 8. The van der Waals surface area contributed by atoms with Crippen molar-refractivity contribution >= 4 is 17.5 Å². The Balaban J connectivity index is 2.11. The van der Waals surface area contributed by atoms with E-state index in [1.807, 2.05) is 26.8 Å². The molecule has 3 aliphatic rings. The van der Waals surface area contributed by atoms with Gasteiger partial charge in [-0.3, -0.25) is 14.4 Å². The van der Waals surface area contributed by atoms with E-state index in [1.54, 1.807) is 20.1 Å². The third-order valence-electron chi connectivity index (χ3n) is 7.31. The van der Waals surface area contributed by atoms with Crippen molar-refractivity contribution in [3.63, 3.8) is 0 Å². The van der Waals surface area contributed by atoms with Gasteiger partial charge in [0.05, 0.1) is 35.7 Å². The fourth-order valence-corrected chi connectivity index (χ4v) is 5.15. The van der Waals surface area contributed by atoms with Crippen molar-refractivity contribution in [2.75, 3.05) is 14.2 Å². The summed E-state index contributed by atoms with van der Waals surface area (Å²) in [5, 5.41) is 24.5. The number of fused-ring (bicyclic) bond motifs is 4. The molecule has 1 fully saturated rings. The predicted molar refractivity (Wildman–Crippen MR) is 132 cm³/mol. The first kappa shape index (κ1) is 28.0. The largest absolute Gasteiger partial charge is 0.505 e. The number of carbonyl (C=O) groups excluding carboxylic acids is 3. The van der Waals surface area contributed by atoms with Gasteiger partial charge in [0.2, 0.25) is 11.6 Å². The number of nitrogens with one attached hydrogen (secondary N) is 1. The molecule has 4 bridgehead atoms. The van der Waals surface area contributed by atoms with E-state index in [0.29, 0.717) is 30.4 Å². The topological polar surface area (TPSA) is 131 Å². The van der Waals surface area contributed by atoms with Crippen molar-refractivity contribution in [3.05, 3.63) is 46.4 Å². The molecule has 2 aliphatic heterocycles. The Bertz CT molecular complexity index is 1020. The lowest BCUT2D eigenvalue weighted by Gasteiger charge is -2.43. The van der Waals surface area contributed by atoms with E-state index in [4.69, 9.17) is 14.2 Å². The molecule has 0 unspecified atom stereocenters. The number of carbonyl (C=O) groups is 3. The highest BCUT2D eigenvalue weighted by Gasteiger charge is 2.45. The maximum absolute atomic E-state index is 12.9. The van der Waals surface area contributed by atoms with Gasteiger partial charge in [0, 0.05) is 31.8 Å². The van der Waals surface area contributed by atoms with E-state index in [9.17, 15) is 24.6 Å². The lowest BCUT2D eigenvalue weighted by atomic mass is 9.80. The average Bonchev–Trinajstić information content (AvgIpc) is 2.84. The van der Waals surface area contributed by atoms with Gasteiger partial charge in [-0.1, -0.05) is 26.0 Å². The van der Waals surface area contributed by atoms with Crippen LogP contribution in [0.25, 0.3) is 0 Å². The van der Waals surface area contributed by atoms with E-state index in [1.165, 1.54) is 7.11 Å².